The van der Waals surface area contributed by atoms with Gasteiger partial charge in [0.05, 0.1) is 18.5 Å². The van der Waals surface area contributed by atoms with E-state index in [-0.39, 0.29) is 5.82 Å². The zero-order chi connectivity index (χ0) is 20.1. The summed E-state index contributed by atoms with van der Waals surface area (Å²) in [5.74, 6) is 0.493. The zero-order valence-corrected chi connectivity index (χ0v) is 16.3. The van der Waals surface area contributed by atoms with Crippen molar-refractivity contribution in [3.63, 3.8) is 0 Å². The predicted octanol–water partition coefficient (Wildman–Crippen LogP) is 5.53. The first-order valence-electron chi connectivity index (χ1n) is 8.95. The van der Waals surface area contributed by atoms with E-state index in [1.54, 1.807) is 25.3 Å². The average molecular weight is 378 g/mol. The van der Waals surface area contributed by atoms with Gasteiger partial charge in [-0.3, -0.25) is 0 Å². The van der Waals surface area contributed by atoms with Crippen LogP contribution in [0.15, 0.2) is 72.4 Å². The number of hydrogen-bond acceptors (Lipinski definition) is 3. The Kier molecular flexibility index (Phi) is 5.94. The molecule has 0 aliphatic heterocycles. The van der Waals surface area contributed by atoms with Crippen molar-refractivity contribution in [1.82, 2.24) is 4.57 Å². The third-order valence-corrected chi connectivity index (χ3v) is 4.48. The molecule has 144 valence electrons. The van der Waals surface area contributed by atoms with E-state index in [1.165, 1.54) is 12.1 Å². The van der Waals surface area contributed by atoms with Crippen molar-refractivity contribution in [3.8, 4) is 22.7 Å². The normalized spacial score (nSPS) is 11.4. The van der Waals surface area contributed by atoms with Gasteiger partial charge >= 0.3 is 0 Å². The molecular formula is C23H23FN2O2. The number of aromatic nitrogens is 1. The Morgan fingerprint density at radius 3 is 2.61 bits per heavy atom. The summed E-state index contributed by atoms with van der Waals surface area (Å²) in [4.78, 5) is 5.26. The van der Waals surface area contributed by atoms with Crippen LogP contribution in [-0.4, -0.2) is 24.0 Å². The number of halogens is 1. The minimum atomic E-state index is -0.268. The van der Waals surface area contributed by atoms with Crippen molar-refractivity contribution in [3.05, 3.63) is 84.3 Å². The molecule has 2 aromatic carbocycles. The van der Waals surface area contributed by atoms with Gasteiger partial charge in [0.2, 0.25) is 0 Å². The lowest BCUT2D eigenvalue weighted by Gasteiger charge is -2.13. The standard InChI is InChI=1S/C23H23FN2O2/c1-5-13-28-25-16(2)22-15-23(18-9-11-19(24)12-10-18)26(17(22)3)20-7-6-8-21(14-20)27-4/h5-12,14-15H,1,13H2,2-4H3/b25-16-. The molecule has 0 unspecified atom stereocenters. The van der Waals surface area contributed by atoms with E-state index in [2.05, 4.69) is 16.3 Å². The van der Waals surface area contributed by atoms with Gasteiger partial charge in [0.25, 0.3) is 0 Å². The monoisotopic (exact) mass is 378 g/mol. The molecule has 0 atom stereocenters. The van der Waals surface area contributed by atoms with E-state index < -0.39 is 0 Å². The largest absolute Gasteiger partial charge is 0.497 e. The Morgan fingerprint density at radius 1 is 1.18 bits per heavy atom. The van der Waals surface area contributed by atoms with E-state index in [1.807, 2.05) is 44.2 Å². The third kappa shape index (κ3) is 3.98. The number of nitrogens with zero attached hydrogens (tertiary/aromatic N) is 2. The minimum absolute atomic E-state index is 0.268. The number of oxime groups is 1. The van der Waals surface area contributed by atoms with Gasteiger partial charge in [0, 0.05) is 23.0 Å². The van der Waals surface area contributed by atoms with Crippen molar-refractivity contribution < 1.29 is 14.0 Å². The molecule has 0 saturated carbocycles. The molecule has 0 bridgehead atoms. The predicted molar refractivity (Wildman–Crippen MR) is 111 cm³/mol. The Hall–Kier alpha value is -3.34. The number of rotatable bonds is 7. The second-order valence-electron chi connectivity index (χ2n) is 6.33. The van der Waals surface area contributed by atoms with Crippen molar-refractivity contribution in [2.24, 2.45) is 5.16 Å². The molecule has 3 rings (SSSR count). The molecule has 4 nitrogen and oxygen atoms in total. The van der Waals surface area contributed by atoms with Gasteiger partial charge in [-0.25, -0.2) is 4.39 Å². The summed E-state index contributed by atoms with van der Waals surface area (Å²) in [6.45, 7) is 7.89. The molecule has 3 aromatic rings. The Balaban J connectivity index is 2.18. The molecule has 1 aromatic heterocycles. The number of benzene rings is 2. The summed E-state index contributed by atoms with van der Waals surface area (Å²) in [5.41, 5.74) is 5.48. The summed E-state index contributed by atoms with van der Waals surface area (Å²) >= 11 is 0. The molecule has 0 aliphatic rings. The number of methoxy groups -OCH3 is 1. The van der Waals surface area contributed by atoms with Crippen LogP contribution in [0, 0.1) is 12.7 Å². The van der Waals surface area contributed by atoms with Crippen LogP contribution in [0.2, 0.25) is 0 Å². The highest BCUT2D eigenvalue weighted by Crippen LogP contribution is 2.31. The van der Waals surface area contributed by atoms with Crippen molar-refractivity contribution in [2.45, 2.75) is 13.8 Å². The summed E-state index contributed by atoms with van der Waals surface area (Å²) in [6, 6.07) is 16.3. The highest BCUT2D eigenvalue weighted by molar-refractivity contribution is 6.01. The summed E-state index contributed by atoms with van der Waals surface area (Å²) in [6.07, 6.45) is 1.65. The molecule has 28 heavy (non-hydrogen) atoms. The number of ether oxygens (including phenoxy) is 1. The topological polar surface area (TPSA) is 35.8 Å². The molecule has 0 fully saturated rings. The van der Waals surface area contributed by atoms with Crippen LogP contribution >= 0.6 is 0 Å². The van der Waals surface area contributed by atoms with Crippen LogP contribution < -0.4 is 4.74 Å². The van der Waals surface area contributed by atoms with Crippen LogP contribution in [0.1, 0.15) is 18.2 Å². The van der Waals surface area contributed by atoms with E-state index in [0.29, 0.717) is 6.61 Å². The lowest BCUT2D eigenvalue weighted by molar-refractivity contribution is 0.175. The van der Waals surface area contributed by atoms with E-state index in [4.69, 9.17) is 9.57 Å². The Morgan fingerprint density at radius 2 is 1.93 bits per heavy atom. The molecule has 0 N–H and O–H groups in total. The first kappa shape index (κ1) is 19.4. The summed E-state index contributed by atoms with van der Waals surface area (Å²) in [7, 11) is 1.64. The Labute approximate surface area is 164 Å². The van der Waals surface area contributed by atoms with Gasteiger partial charge in [-0.15, -0.1) is 0 Å². The first-order valence-corrected chi connectivity index (χ1v) is 8.95. The zero-order valence-electron chi connectivity index (χ0n) is 16.3. The highest BCUT2D eigenvalue weighted by atomic mass is 19.1. The van der Waals surface area contributed by atoms with Crippen LogP contribution in [0.5, 0.6) is 5.75 Å². The van der Waals surface area contributed by atoms with Crippen LogP contribution in [0.4, 0.5) is 4.39 Å². The lowest BCUT2D eigenvalue weighted by atomic mass is 10.1. The second-order valence-corrected chi connectivity index (χ2v) is 6.33. The van der Waals surface area contributed by atoms with Crippen molar-refractivity contribution >= 4 is 5.71 Å². The first-order chi connectivity index (χ1) is 13.5. The third-order valence-electron chi connectivity index (χ3n) is 4.48. The smallest absolute Gasteiger partial charge is 0.135 e. The average Bonchev–Trinajstić information content (AvgIpc) is 3.06. The van der Waals surface area contributed by atoms with Crippen LogP contribution in [0.3, 0.4) is 0 Å². The van der Waals surface area contributed by atoms with Gasteiger partial charge in [-0.05, 0) is 61.9 Å². The maximum atomic E-state index is 13.4. The maximum Gasteiger partial charge on any atom is 0.135 e. The minimum Gasteiger partial charge on any atom is -0.497 e. The fourth-order valence-corrected chi connectivity index (χ4v) is 3.12. The molecule has 1 heterocycles. The van der Waals surface area contributed by atoms with Gasteiger partial charge < -0.3 is 14.1 Å². The molecule has 0 saturated heterocycles. The van der Waals surface area contributed by atoms with Gasteiger partial charge in [-0.2, -0.15) is 0 Å². The molecule has 0 spiro atoms. The molecule has 5 heteroatoms. The van der Waals surface area contributed by atoms with Crippen LogP contribution in [0.25, 0.3) is 16.9 Å². The van der Waals surface area contributed by atoms with E-state index >= 15 is 0 Å². The van der Waals surface area contributed by atoms with E-state index in [9.17, 15) is 4.39 Å². The van der Waals surface area contributed by atoms with Gasteiger partial charge in [-0.1, -0.05) is 23.9 Å². The fraction of sp³-hybridized carbons (Fsp3) is 0.174. The van der Waals surface area contributed by atoms with E-state index in [0.717, 1.165) is 39.7 Å². The molecule has 0 aliphatic carbocycles. The lowest BCUT2D eigenvalue weighted by Crippen LogP contribution is -2.03. The quantitative estimate of drug-likeness (QED) is 0.235. The van der Waals surface area contributed by atoms with Crippen molar-refractivity contribution in [1.29, 1.82) is 0 Å². The summed E-state index contributed by atoms with van der Waals surface area (Å²) in [5, 5.41) is 4.18. The second kappa shape index (κ2) is 8.57. The SMILES string of the molecule is C=CCO/N=C(/C)c1cc(-c2ccc(F)cc2)n(-c2cccc(OC)c2)c1C. The molecular weight excluding hydrogens is 355 g/mol. The van der Waals surface area contributed by atoms with Gasteiger partial charge in [0.15, 0.2) is 0 Å². The maximum absolute atomic E-state index is 13.4. The summed E-state index contributed by atoms with van der Waals surface area (Å²) < 4.78 is 20.9. The Bertz CT molecular complexity index is 1000. The van der Waals surface area contributed by atoms with Crippen molar-refractivity contribution in [2.75, 3.05) is 13.7 Å². The molecule has 0 amide bonds. The molecule has 0 radical (unpaired) electrons. The fourth-order valence-electron chi connectivity index (χ4n) is 3.12. The van der Waals surface area contributed by atoms with Gasteiger partial charge in [0.1, 0.15) is 18.2 Å². The number of hydrogen-bond donors (Lipinski definition) is 0. The van der Waals surface area contributed by atoms with Crippen LogP contribution in [-0.2, 0) is 4.84 Å². The highest BCUT2D eigenvalue weighted by Gasteiger charge is 2.17.